The number of aliphatic hydroxyl groups is 1. The molecule has 0 amide bonds. The second kappa shape index (κ2) is 8.63. The number of nitrogens with one attached hydrogen (secondary N) is 1. The molecule has 0 fully saturated rings. The second-order valence-electron chi connectivity index (χ2n) is 4.23. The third-order valence-corrected chi connectivity index (χ3v) is 2.96. The Balaban J connectivity index is 2.87. The smallest absolute Gasteiger partial charge is 0.164 e. The first-order valence-corrected chi connectivity index (χ1v) is 6.32. The molecule has 0 saturated carbocycles. The van der Waals surface area contributed by atoms with Gasteiger partial charge in [0, 0.05) is 25.3 Å². The number of methoxy groups -OCH3 is 4. The normalized spacial score (nSPS) is 12.1. The highest BCUT2D eigenvalue weighted by Crippen LogP contribution is 2.34. The van der Waals surface area contributed by atoms with E-state index in [9.17, 15) is 5.11 Å². The van der Waals surface area contributed by atoms with Crippen LogP contribution in [0.2, 0.25) is 0 Å². The molecule has 1 aromatic rings. The van der Waals surface area contributed by atoms with Crippen molar-refractivity contribution in [1.82, 2.24) is 5.32 Å². The van der Waals surface area contributed by atoms with Crippen LogP contribution in [-0.4, -0.2) is 52.8 Å². The lowest BCUT2D eigenvalue weighted by molar-refractivity contribution is 0.128. The van der Waals surface area contributed by atoms with E-state index in [2.05, 4.69) is 5.32 Å². The summed E-state index contributed by atoms with van der Waals surface area (Å²) in [7, 11) is 6.36. The summed E-state index contributed by atoms with van der Waals surface area (Å²) >= 11 is 0. The van der Waals surface area contributed by atoms with Crippen LogP contribution in [0.3, 0.4) is 0 Å². The number of hydrogen-bond acceptors (Lipinski definition) is 6. The fourth-order valence-corrected chi connectivity index (χ4v) is 1.86. The minimum Gasteiger partial charge on any atom is -0.496 e. The summed E-state index contributed by atoms with van der Waals surface area (Å²) in [6, 6.07) is 3.50. The standard InChI is InChI=1S/C14H23NO5/c1-17-9-11(8-16)15-7-10-5-13(19-3)14(20-4)6-12(10)18-2/h5-6,11,15-16H,7-9H2,1-4H3. The number of hydrogen-bond donors (Lipinski definition) is 2. The monoisotopic (exact) mass is 285 g/mol. The van der Waals surface area contributed by atoms with Crippen LogP contribution in [0.15, 0.2) is 12.1 Å². The van der Waals surface area contributed by atoms with Gasteiger partial charge in [-0.3, -0.25) is 0 Å². The van der Waals surface area contributed by atoms with Crippen LogP contribution < -0.4 is 19.5 Å². The van der Waals surface area contributed by atoms with E-state index in [1.54, 1.807) is 34.5 Å². The molecular weight excluding hydrogens is 262 g/mol. The van der Waals surface area contributed by atoms with Crippen molar-refractivity contribution >= 4 is 0 Å². The first-order chi connectivity index (χ1) is 9.69. The Morgan fingerprint density at radius 1 is 1.00 bits per heavy atom. The molecular formula is C14H23NO5. The fraction of sp³-hybridized carbons (Fsp3) is 0.571. The molecule has 1 rings (SSSR count). The minimum atomic E-state index is -0.127. The molecule has 20 heavy (non-hydrogen) atoms. The molecule has 0 aromatic heterocycles. The van der Waals surface area contributed by atoms with Crippen molar-refractivity contribution in [1.29, 1.82) is 0 Å². The lowest BCUT2D eigenvalue weighted by atomic mass is 10.1. The van der Waals surface area contributed by atoms with Crippen LogP contribution in [0, 0.1) is 0 Å². The molecule has 1 aromatic carbocycles. The first kappa shape index (κ1) is 16.6. The van der Waals surface area contributed by atoms with E-state index in [4.69, 9.17) is 18.9 Å². The highest BCUT2D eigenvalue weighted by atomic mass is 16.5. The van der Waals surface area contributed by atoms with E-state index < -0.39 is 0 Å². The second-order valence-corrected chi connectivity index (χ2v) is 4.23. The topological polar surface area (TPSA) is 69.2 Å². The van der Waals surface area contributed by atoms with E-state index in [0.29, 0.717) is 30.4 Å². The highest BCUT2D eigenvalue weighted by Gasteiger charge is 2.13. The Labute approximate surface area is 119 Å². The van der Waals surface area contributed by atoms with E-state index in [-0.39, 0.29) is 12.6 Å². The van der Waals surface area contributed by atoms with Crippen LogP contribution in [0.25, 0.3) is 0 Å². The Bertz CT molecular complexity index is 411. The summed E-state index contributed by atoms with van der Waals surface area (Å²) in [5, 5.41) is 12.4. The van der Waals surface area contributed by atoms with Gasteiger partial charge in [0.15, 0.2) is 11.5 Å². The summed E-state index contributed by atoms with van der Waals surface area (Å²) < 4.78 is 20.9. The molecule has 2 N–H and O–H groups in total. The van der Waals surface area contributed by atoms with Gasteiger partial charge >= 0.3 is 0 Å². The van der Waals surface area contributed by atoms with E-state index in [0.717, 1.165) is 5.56 Å². The van der Waals surface area contributed by atoms with Gasteiger partial charge in [0.05, 0.1) is 40.6 Å². The average molecular weight is 285 g/mol. The SMILES string of the molecule is COCC(CO)NCc1cc(OC)c(OC)cc1OC. The van der Waals surface area contributed by atoms with Crippen molar-refractivity contribution in [2.75, 3.05) is 41.7 Å². The van der Waals surface area contributed by atoms with Gasteiger partial charge in [0.25, 0.3) is 0 Å². The molecule has 1 unspecified atom stereocenters. The minimum absolute atomic E-state index is 0.00342. The number of benzene rings is 1. The highest BCUT2D eigenvalue weighted by molar-refractivity contribution is 5.50. The predicted molar refractivity (Wildman–Crippen MR) is 75.7 cm³/mol. The maximum absolute atomic E-state index is 9.23. The Morgan fingerprint density at radius 3 is 2.10 bits per heavy atom. The third kappa shape index (κ3) is 4.26. The fourth-order valence-electron chi connectivity index (χ4n) is 1.86. The lowest BCUT2D eigenvalue weighted by Gasteiger charge is -2.18. The van der Waals surface area contributed by atoms with Crippen LogP contribution >= 0.6 is 0 Å². The number of rotatable bonds is 9. The Hall–Kier alpha value is -1.50. The van der Waals surface area contributed by atoms with Crippen molar-refractivity contribution in [2.24, 2.45) is 0 Å². The summed E-state index contributed by atoms with van der Waals surface area (Å²) in [5.74, 6) is 1.95. The first-order valence-electron chi connectivity index (χ1n) is 6.32. The van der Waals surface area contributed by atoms with Crippen LogP contribution in [0.1, 0.15) is 5.56 Å². The summed E-state index contributed by atoms with van der Waals surface area (Å²) in [4.78, 5) is 0. The lowest BCUT2D eigenvalue weighted by Crippen LogP contribution is -2.36. The van der Waals surface area contributed by atoms with Gasteiger partial charge < -0.3 is 29.4 Å². The van der Waals surface area contributed by atoms with E-state index in [1.807, 2.05) is 6.07 Å². The molecule has 0 saturated heterocycles. The van der Waals surface area contributed by atoms with Crippen LogP contribution in [-0.2, 0) is 11.3 Å². The molecule has 0 aliphatic rings. The van der Waals surface area contributed by atoms with Gasteiger partial charge in [-0.1, -0.05) is 0 Å². The molecule has 0 spiro atoms. The third-order valence-electron chi connectivity index (χ3n) is 2.96. The number of ether oxygens (including phenoxy) is 4. The van der Waals surface area contributed by atoms with Gasteiger partial charge in [-0.05, 0) is 6.07 Å². The summed E-state index contributed by atoms with van der Waals surface area (Å²) in [6.07, 6.45) is 0. The maximum Gasteiger partial charge on any atom is 0.164 e. The van der Waals surface area contributed by atoms with Gasteiger partial charge in [-0.25, -0.2) is 0 Å². The van der Waals surface area contributed by atoms with Crippen molar-refractivity contribution in [3.8, 4) is 17.2 Å². The largest absolute Gasteiger partial charge is 0.496 e. The predicted octanol–water partition coefficient (Wildman–Crippen LogP) is 0.809. The van der Waals surface area contributed by atoms with Gasteiger partial charge in [0.2, 0.25) is 0 Å². The van der Waals surface area contributed by atoms with E-state index in [1.165, 1.54) is 0 Å². The average Bonchev–Trinajstić information content (AvgIpc) is 2.50. The molecule has 1 atom stereocenters. The van der Waals surface area contributed by atoms with Crippen molar-refractivity contribution < 1.29 is 24.1 Å². The maximum atomic E-state index is 9.23. The Kier molecular flexibility index (Phi) is 7.14. The van der Waals surface area contributed by atoms with E-state index >= 15 is 0 Å². The quantitative estimate of drug-likeness (QED) is 0.700. The zero-order chi connectivity index (χ0) is 15.0. The molecule has 0 aliphatic carbocycles. The van der Waals surface area contributed by atoms with Crippen LogP contribution in [0.5, 0.6) is 17.2 Å². The Morgan fingerprint density at radius 2 is 1.60 bits per heavy atom. The molecule has 114 valence electrons. The summed E-state index contributed by atoms with van der Waals surface area (Å²) in [5.41, 5.74) is 0.916. The molecule has 0 bridgehead atoms. The molecule has 6 nitrogen and oxygen atoms in total. The van der Waals surface area contributed by atoms with Gasteiger partial charge in [-0.2, -0.15) is 0 Å². The van der Waals surface area contributed by atoms with Crippen molar-refractivity contribution in [2.45, 2.75) is 12.6 Å². The molecule has 0 heterocycles. The molecule has 0 aliphatic heterocycles. The molecule has 6 heteroatoms. The van der Waals surface area contributed by atoms with Crippen molar-refractivity contribution in [3.05, 3.63) is 17.7 Å². The zero-order valence-electron chi connectivity index (χ0n) is 12.4. The van der Waals surface area contributed by atoms with Crippen LogP contribution in [0.4, 0.5) is 0 Å². The van der Waals surface area contributed by atoms with Gasteiger partial charge in [-0.15, -0.1) is 0 Å². The zero-order valence-corrected chi connectivity index (χ0v) is 12.4. The van der Waals surface area contributed by atoms with Crippen molar-refractivity contribution in [3.63, 3.8) is 0 Å². The van der Waals surface area contributed by atoms with Gasteiger partial charge in [0.1, 0.15) is 5.75 Å². The number of aliphatic hydroxyl groups excluding tert-OH is 1. The summed E-state index contributed by atoms with van der Waals surface area (Å²) in [6.45, 7) is 0.966. The molecule has 0 radical (unpaired) electrons.